The SMILES string of the molecule is Nc1ccc(N2CC(O)C(O)C2)nc1N.Nc1ccc(N2CCCC2C(=O)O)nc1N. The summed E-state index contributed by atoms with van der Waals surface area (Å²) in [6.45, 7) is 1.41. The summed E-state index contributed by atoms with van der Waals surface area (Å²) in [6.07, 6.45) is 0.0284. The lowest BCUT2D eigenvalue weighted by Crippen LogP contribution is -2.36. The fourth-order valence-corrected chi connectivity index (χ4v) is 3.54. The third-order valence-electron chi connectivity index (χ3n) is 5.30. The molecule has 0 radical (unpaired) electrons. The van der Waals surface area contributed by atoms with E-state index in [9.17, 15) is 15.0 Å². The Bertz CT molecular complexity index is 933. The lowest BCUT2D eigenvalue weighted by molar-refractivity contribution is -0.138. The predicted octanol–water partition coefficient (Wildman–Crippen LogP) is -0.913. The molecule has 3 atom stereocenters. The van der Waals surface area contributed by atoms with Crippen molar-refractivity contribution < 1.29 is 20.1 Å². The number of carbonyl (C=O) groups is 1. The number of β-amino-alcohol motifs (C(OH)–C–C–N with tert-alkyl or cyclic N) is 2. The van der Waals surface area contributed by atoms with Crippen molar-refractivity contribution in [3.05, 3.63) is 24.3 Å². The van der Waals surface area contributed by atoms with E-state index in [0.717, 1.165) is 6.42 Å². The topological polar surface area (TPSA) is 214 Å². The molecule has 168 valence electrons. The summed E-state index contributed by atoms with van der Waals surface area (Å²) < 4.78 is 0. The average Bonchev–Trinajstić information content (AvgIpc) is 3.34. The molecular weight excluding hydrogens is 404 g/mol. The van der Waals surface area contributed by atoms with Crippen LogP contribution in [0.5, 0.6) is 0 Å². The van der Waals surface area contributed by atoms with Crippen LogP contribution in [0.3, 0.4) is 0 Å². The minimum atomic E-state index is -0.824. The monoisotopic (exact) mass is 432 g/mol. The predicted molar refractivity (Wildman–Crippen MR) is 118 cm³/mol. The van der Waals surface area contributed by atoms with Gasteiger partial charge in [0.15, 0.2) is 0 Å². The molecule has 2 saturated heterocycles. The normalized spacial score (nSPS) is 22.8. The molecule has 0 amide bonds. The van der Waals surface area contributed by atoms with Crippen LogP contribution in [-0.2, 0) is 4.79 Å². The smallest absolute Gasteiger partial charge is 0.326 e. The van der Waals surface area contributed by atoms with Crippen LogP contribution in [0.15, 0.2) is 24.3 Å². The number of nitrogen functional groups attached to an aromatic ring is 4. The van der Waals surface area contributed by atoms with Gasteiger partial charge in [-0.15, -0.1) is 0 Å². The number of nitrogens with zero attached hydrogens (tertiary/aromatic N) is 4. The van der Waals surface area contributed by atoms with Crippen molar-refractivity contribution in [2.75, 3.05) is 52.4 Å². The van der Waals surface area contributed by atoms with Gasteiger partial charge in [0.05, 0.1) is 23.6 Å². The molecule has 2 aliphatic rings. The molecule has 0 spiro atoms. The lowest BCUT2D eigenvalue weighted by atomic mass is 10.2. The van der Waals surface area contributed by atoms with Gasteiger partial charge in [0, 0.05) is 19.6 Å². The summed E-state index contributed by atoms with van der Waals surface area (Å²) in [5.74, 6) is 0.889. The largest absolute Gasteiger partial charge is 0.480 e. The number of anilines is 6. The molecule has 2 aliphatic heterocycles. The number of aliphatic hydroxyl groups is 2. The molecule has 2 fully saturated rings. The van der Waals surface area contributed by atoms with E-state index in [-0.39, 0.29) is 11.6 Å². The molecule has 12 nitrogen and oxygen atoms in total. The third kappa shape index (κ3) is 4.98. The summed E-state index contributed by atoms with van der Waals surface area (Å²) in [4.78, 5) is 22.7. The van der Waals surface area contributed by atoms with E-state index in [1.54, 1.807) is 34.1 Å². The van der Waals surface area contributed by atoms with E-state index in [2.05, 4.69) is 9.97 Å². The number of pyridine rings is 2. The number of hydrogen-bond acceptors (Lipinski definition) is 11. The number of rotatable bonds is 3. The van der Waals surface area contributed by atoms with Gasteiger partial charge in [-0.05, 0) is 37.1 Å². The number of carboxylic acid groups (broad SMARTS) is 1. The number of aromatic nitrogens is 2. The van der Waals surface area contributed by atoms with Gasteiger partial charge in [0.1, 0.15) is 29.3 Å². The molecule has 3 unspecified atom stereocenters. The number of carboxylic acids is 1. The van der Waals surface area contributed by atoms with Gasteiger partial charge in [0.2, 0.25) is 0 Å². The number of hydrogen-bond donors (Lipinski definition) is 7. The van der Waals surface area contributed by atoms with Crippen LogP contribution in [0.1, 0.15) is 12.8 Å². The highest BCUT2D eigenvalue weighted by molar-refractivity contribution is 5.79. The van der Waals surface area contributed by atoms with Crippen LogP contribution in [-0.4, -0.2) is 69.1 Å². The van der Waals surface area contributed by atoms with Gasteiger partial charge in [-0.3, -0.25) is 0 Å². The molecule has 0 bridgehead atoms. The molecule has 12 heteroatoms. The molecular formula is C19H28N8O4. The molecule has 4 rings (SSSR count). The Morgan fingerprint density at radius 1 is 0.903 bits per heavy atom. The summed E-state index contributed by atoms with van der Waals surface area (Å²) in [6, 6.07) is 6.23. The molecule has 4 heterocycles. The van der Waals surface area contributed by atoms with Gasteiger partial charge in [-0.2, -0.15) is 0 Å². The van der Waals surface area contributed by atoms with Gasteiger partial charge in [0.25, 0.3) is 0 Å². The zero-order chi connectivity index (χ0) is 22.7. The maximum atomic E-state index is 11.0. The highest BCUT2D eigenvalue weighted by atomic mass is 16.4. The Kier molecular flexibility index (Phi) is 6.51. The minimum Gasteiger partial charge on any atom is -0.480 e. The van der Waals surface area contributed by atoms with Crippen molar-refractivity contribution in [3.8, 4) is 0 Å². The van der Waals surface area contributed by atoms with E-state index in [4.69, 9.17) is 28.0 Å². The zero-order valence-corrected chi connectivity index (χ0v) is 16.9. The molecule has 0 aliphatic carbocycles. The summed E-state index contributed by atoms with van der Waals surface area (Å²) in [5, 5.41) is 27.8. The fraction of sp³-hybridized carbons (Fsp3) is 0.421. The highest BCUT2D eigenvalue weighted by Crippen LogP contribution is 2.26. The van der Waals surface area contributed by atoms with Crippen LogP contribution in [0.25, 0.3) is 0 Å². The Morgan fingerprint density at radius 3 is 1.94 bits per heavy atom. The van der Waals surface area contributed by atoms with Crippen molar-refractivity contribution in [1.29, 1.82) is 0 Å². The van der Waals surface area contributed by atoms with Gasteiger partial charge in [-0.25, -0.2) is 14.8 Å². The zero-order valence-electron chi connectivity index (χ0n) is 16.9. The van der Waals surface area contributed by atoms with E-state index in [1.807, 2.05) is 0 Å². The van der Waals surface area contributed by atoms with E-state index >= 15 is 0 Å². The summed E-state index contributed by atoms with van der Waals surface area (Å²) >= 11 is 0. The standard InChI is InChI=1S/C10H14N4O2.C9H14N4O2/c11-6-3-4-8(13-9(6)12)14-5-1-2-7(14)10(15)16;10-5-1-2-8(12-9(5)11)13-3-6(14)7(15)4-13/h3-4,7H,1-2,5,11H2,(H2,12,13)(H,15,16);1-2,6-7,14-15H,3-4,10H2,(H2,11,12). The molecule has 0 saturated carbocycles. The third-order valence-corrected chi connectivity index (χ3v) is 5.30. The van der Waals surface area contributed by atoms with Crippen LogP contribution in [0.4, 0.5) is 34.6 Å². The Labute approximate surface area is 179 Å². The van der Waals surface area contributed by atoms with Crippen molar-refractivity contribution >= 4 is 40.6 Å². The molecule has 11 N–H and O–H groups in total. The highest BCUT2D eigenvalue weighted by Gasteiger charge is 2.32. The van der Waals surface area contributed by atoms with E-state index < -0.39 is 24.2 Å². The maximum Gasteiger partial charge on any atom is 0.326 e. The van der Waals surface area contributed by atoms with Crippen LogP contribution >= 0.6 is 0 Å². The van der Waals surface area contributed by atoms with Crippen molar-refractivity contribution in [2.45, 2.75) is 31.1 Å². The number of nitrogens with two attached hydrogens (primary N) is 4. The van der Waals surface area contributed by atoms with Crippen molar-refractivity contribution in [2.24, 2.45) is 0 Å². The van der Waals surface area contributed by atoms with Gasteiger partial charge in [-0.1, -0.05) is 0 Å². The minimum absolute atomic E-state index is 0.244. The number of aliphatic hydroxyl groups excluding tert-OH is 2. The maximum absolute atomic E-state index is 11.0. The fourth-order valence-electron chi connectivity index (χ4n) is 3.54. The van der Waals surface area contributed by atoms with Gasteiger partial charge < -0.3 is 48.1 Å². The first kappa shape index (κ1) is 22.2. The Balaban J connectivity index is 0.000000176. The first-order valence-corrected chi connectivity index (χ1v) is 9.82. The summed E-state index contributed by atoms with van der Waals surface area (Å²) in [7, 11) is 0. The van der Waals surface area contributed by atoms with Crippen LogP contribution < -0.4 is 32.7 Å². The van der Waals surface area contributed by atoms with Crippen LogP contribution in [0, 0.1) is 0 Å². The molecule has 31 heavy (non-hydrogen) atoms. The first-order valence-electron chi connectivity index (χ1n) is 9.82. The Hall–Kier alpha value is -3.51. The van der Waals surface area contributed by atoms with E-state index in [0.29, 0.717) is 49.1 Å². The second kappa shape index (κ2) is 9.10. The molecule has 0 aromatic carbocycles. The van der Waals surface area contributed by atoms with Crippen molar-refractivity contribution in [1.82, 2.24) is 9.97 Å². The van der Waals surface area contributed by atoms with E-state index in [1.165, 1.54) is 0 Å². The van der Waals surface area contributed by atoms with Crippen molar-refractivity contribution in [3.63, 3.8) is 0 Å². The molecule has 2 aromatic heterocycles. The average molecular weight is 432 g/mol. The van der Waals surface area contributed by atoms with Crippen LogP contribution in [0.2, 0.25) is 0 Å². The summed E-state index contributed by atoms with van der Waals surface area (Å²) in [5.41, 5.74) is 23.1. The quantitative estimate of drug-likeness (QED) is 0.314. The van der Waals surface area contributed by atoms with Gasteiger partial charge >= 0.3 is 5.97 Å². The number of aliphatic carboxylic acids is 1. The second-order valence-corrected chi connectivity index (χ2v) is 7.52. The Morgan fingerprint density at radius 2 is 1.42 bits per heavy atom. The first-order chi connectivity index (χ1) is 14.7. The lowest BCUT2D eigenvalue weighted by Gasteiger charge is -2.22. The molecule has 2 aromatic rings. The second-order valence-electron chi connectivity index (χ2n) is 7.52.